The van der Waals surface area contributed by atoms with E-state index in [1.54, 1.807) is 0 Å². The third-order valence-electron chi connectivity index (χ3n) is 3.47. The summed E-state index contributed by atoms with van der Waals surface area (Å²) in [5.41, 5.74) is 6.00. The summed E-state index contributed by atoms with van der Waals surface area (Å²) in [6, 6.07) is 3.74. The number of hydrogen-bond donors (Lipinski definition) is 1. The summed E-state index contributed by atoms with van der Waals surface area (Å²) >= 11 is 5.36. The summed E-state index contributed by atoms with van der Waals surface area (Å²) in [5, 5.41) is 2.16. The molecule has 0 radical (unpaired) electrons. The molecule has 1 aliphatic heterocycles. The summed E-state index contributed by atoms with van der Waals surface area (Å²) in [5.74, 6) is 0. The fourth-order valence-corrected chi connectivity index (χ4v) is 4.04. The smallest absolute Gasteiger partial charge is 0.0416 e. The van der Waals surface area contributed by atoms with Crippen LogP contribution in [-0.4, -0.2) is 23.5 Å². The molecule has 1 aliphatic rings. The number of nitrogens with zero attached hydrogens (tertiary/aromatic N) is 1. The van der Waals surface area contributed by atoms with Gasteiger partial charge in [0.05, 0.1) is 0 Å². The monoisotopic (exact) mass is 302 g/mol. The Hall–Kier alpha value is 0.1000. The first-order valence-electron chi connectivity index (χ1n) is 5.83. The van der Waals surface area contributed by atoms with E-state index in [0.29, 0.717) is 18.1 Å². The van der Waals surface area contributed by atoms with Gasteiger partial charge in [-0.05, 0) is 48.7 Å². The van der Waals surface area contributed by atoms with Crippen molar-refractivity contribution in [2.24, 2.45) is 5.73 Å². The van der Waals surface area contributed by atoms with Crippen molar-refractivity contribution in [2.75, 3.05) is 6.54 Å². The van der Waals surface area contributed by atoms with Gasteiger partial charge in [0.15, 0.2) is 0 Å². The van der Waals surface area contributed by atoms with Gasteiger partial charge in [0, 0.05) is 39.4 Å². The molecule has 0 saturated carbocycles. The van der Waals surface area contributed by atoms with Gasteiger partial charge in [-0.15, -0.1) is 11.3 Å². The third kappa shape index (κ3) is 2.67. The number of hydrogen-bond acceptors (Lipinski definition) is 3. The molecule has 4 heteroatoms. The van der Waals surface area contributed by atoms with Crippen molar-refractivity contribution in [1.82, 2.24) is 4.90 Å². The highest BCUT2D eigenvalue weighted by molar-refractivity contribution is 9.10. The Bertz CT molecular complexity index is 353. The maximum absolute atomic E-state index is 6.00. The molecule has 1 saturated heterocycles. The van der Waals surface area contributed by atoms with Gasteiger partial charge < -0.3 is 5.73 Å². The minimum atomic E-state index is 0.397. The average Bonchev–Trinajstić information content (AvgIpc) is 2.64. The van der Waals surface area contributed by atoms with Crippen molar-refractivity contribution in [1.29, 1.82) is 0 Å². The Morgan fingerprint density at radius 3 is 2.94 bits per heavy atom. The lowest BCUT2D eigenvalue weighted by Crippen LogP contribution is -2.46. The predicted octanol–water partition coefficient (Wildman–Crippen LogP) is 3.38. The van der Waals surface area contributed by atoms with Crippen LogP contribution in [0, 0.1) is 0 Å². The number of nitrogens with two attached hydrogens (primary N) is 1. The highest BCUT2D eigenvalue weighted by atomic mass is 79.9. The van der Waals surface area contributed by atoms with Crippen molar-refractivity contribution in [3.05, 3.63) is 20.8 Å². The molecule has 0 aromatic carbocycles. The van der Waals surface area contributed by atoms with E-state index in [9.17, 15) is 0 Å². The van der Waals surface area contributed by atoms with Crippen LogP contribution in [0.4, 0.5) is 0 Å². The van der Waals surface area contributed by atoms with Crippen LogP contribution in [0.1, 0.15) is 37.6 Å². The maximum atomic E-state index is 6.00. The van der Waals surface area contributed by atoms with Gasteiger partial charge in [-0.3, -0.25) is 4.90 Å². The second-order valence-corrected chi connectivity index (χ2v) is 6.57. The Balaban J connectivity index is 2.07. The molecule has 2 rings (SSSR count). The zero-order chi connectivity index (χ0) is 11.7. The average molecular weight is 303 g/mol. The summed E-state index contributed by atoms with van der Waals surface area (Å²) in [6.07, 6.45) is 2.25. The van der Waals surface area contributed by atoms with E-state index in [0.717, 1.165) is 19.4 Å². The fourth-order valence-electron chi connectivity index (χ4n) is 2.51. The first kappa shape index (κ1) is 12.6. The second kappa shape index (κ2) is 5.17. The molecule has 0 amide bonds. The van der Waals surface area contributed by atoms with Gasteiger partial charge in [-0.1, -0.05) is 0 Å². The van der Waals surface area contributed by atoms with Gasteiger partial charge in [0.25, 0.3) is 0 Å². The first-order chi connectivity index (χ1) is 7.58. The quantitative estimate of drug-likeness (QED) is 0.907. The van der Waals surface area contributed by atoms with Crippen LogP contribution in [0.3, 0.4) is 0 Å². The summed E-state index contributed by atoms with van der Waals surface area (Å²) in [4.78, 5) is 4.01. The lowest BCUT2D eigenvalue weighted by Gasteiger charge is -2.40. The molecule has 2 nitrogen and oxygen atoms in total. The van der Waals surface area contributed by atoms with Crippen LogP contribution in [-0.2, 0) is 0 Å². The molecular formula is C12H19BrN2S. The molecule has 0 bridgehead atoms. The molecule has 2 N–H and O–H groups in total. The molecule has 0 spiro atoms. The van der Waals surface area contributed by atoms with E-state index < -0.39 is 0 Å². The van der Waals surface area contributed by atoms with E-state index in [1.165, 1.54) is 9.35 Å². The predicted molar refractivity (Wildman–Crippen MR) is 73.8 cm³/mol. The maximum Gasteiger partial charge on any atom is 0.0416 e. The topological polar surface area (TPSA) is 29.3 Å². The summed E-state index contributed by atoms with van der Waals surface area (Å²) in [7, 11) is 0. The van der Waals surface area contributed by atoms with E-state index >= 15 is 0 Å². The number of rotatable bonds is 2. The van der Waals surface area contributed by atoms with Crippen molar-refractivity contribution in [3.8, 4) is 0 Å². The van der Waals surface area contributed by atoms with Crippen LogP contribution in [0.5, 0.6) is 0 Å². The molecule has 1 aromatic heterocycles. The van der Waals surface area contributed by atoms with Crippen molar-refractivity contribution < 1.29 is 0 Å². The van der Waals surface area contributed by atoms with Gasteiger partial charge >= 0.3 is 0 Å². The van der Waals surface area contributed by atoms with E-state index in [1.807, 2.05) is 11.3 Å². The van der Waals surface area contributed by atoms with Crippen LogP contribution in [0.25, 0.3) is 0 Å². The fraction of sp³-hybridized carbons (Fsp3) is 0.667. The molecule has 16 heavy (non-hydrogen) atoms. The van der Waals surface area contributed by atoms with Crippen molar-refractivity contribution >= 4 is 27.3 Å². The largest absolute Gasteiger partial charge is 0.328 e. The second-order valence-electron chi connectivity index (χ2n) is 4.71. The number of thiophene rings is 1. The first-order valence-corrected chi connectivity index (χ1v) is 7.50. The lowest BCUT2D eigenvalue weighted by atomic mass is 9.97. The molecule has 90 valence electrons. The van der Waals surface area contributed by atoms with Crippen LogP contribution in [0.15, 0.2) is 15.9 Å². The Labute approximate surface area is 110 Å². The summed E-state index contributed by atoms with van der Waals surface area (Å²) in [6.45, 7) is 5.71. The Kier molecular flexibility index (Phi) is 4.06. The number of halogens is 1. The minimum absolute atomic E-state index is 0.397. The number of piperidine rings is 1. The summed E-state index contributed by atoms with van der Waals surface area (Å²) < 4.78 is 1.20. The molecule has 3 atom stereocenters. The van der Waals surface area contributed by atoms with E-state index in [4.69, 9.17) is 5.73 Å². The molecule has 3 unspecified atom stereocenters. The van der Waals surface area contributed by atoms with Crippen LogP contribution < -0.4 is 5.73 Å². The highest BCUT2D eigenvalue weighted by Crippen LogP contribution is 2.32. The Morgan fingerprint density at radius 1 is 1.62 bits per heavy atom. The zero-order valence-corrected chi connectivity index (χ0v) is 12.2. The minimum Gasteiger partial charge on any atom is -0.328 e. The van der Waals surface area contributed by atoms with E-state index in [2.05, 4.69) is 46.1 Å². The molecule has 2 heterocycles. The van der Waals surface area contributed by atoms with Gasteiger partial charge in [0.1, 0.15) is 0 Å². The Morgan fingerprint density at radius 2 is 2.38 bits per heavy atom. The van der Waals surface area contributed by atoms with Crippen molar-refractivity contribution in [2.45, 2.75) is 44.8 Å². The van der Waals surface area contributed by atoms with Crippen molar-refractivity contribution in [3.63, 3.8) is 0 Å². The molecule has 0 aliphatic carbocycles. The zero-order valence-electron chi connectivity index (χ0n) is 9.82. The SMILES string of the molecule is CC1CC(N)CCN1C(C)c1cc(Br)cs1. The van der Waals surface area contributed by atoms with Gasteiger partial charge in [0.2, 0.25) is 0 Å². The van der Waals surface area contributed by atoms with Gasteiger partial charge in [-0.2, -0.15) is 0 Å². The van der Waals surface area contributed by atoms with E-state index in [-0.39, 0.29) is 0 Å². The molecular weight excluding hydrogens is 284 g/mol. The number of likely N-dealkylation sites (tertiary alicyclic amines) is 1. The standard InChI is InChI=1S/C12H19BrN2S/c1-8-5-11(14)3-4-15(8)9(2)12-6-10(13)7-16-12/h6-9,11H,3-5,14H2,1-2H3. The normalized spacial score (nSPS) is 29.2. The van der Waals surface area contributed by atoms with Crippen LogP contribution >= 0.6 is 27.3 Å². The highest BCUT2D eigenvalue weighted by Gasteiger charge is 2.28. The molecule has 1 fully saturated rings. The molecule has 1 aromatic rings. The van der Waals surface area contributed by atoms with Crippen LogP contribution in [0.2, 0.25) is 0 Å². The third-order valence-corrected chi connectivity index (χ3v) is 5.33. The van der Waals surface area contributed by atoms with Gasteiger partial charge in [-0.25, -0.2) is 0 Å². The lowest BCUT2D eigenvalue weighted by molar-refractivity contribution is 0.106.